The summed E-state index contributed by atoms with van der Waals surface area (Å²) in [7, 11) is -1.59. The summed E-state index contributed by atoms with van der Waals surface area (Å²) >= 11 is 0. The van der Waals surface area contributed by atoms with Crippen molar-refractivity contribution in [3.8, 4) is 5.75 Å². The minimum atomic E-state index is -1.59. The molecule has 330 valence electrons. The lowest BCUT2D eigenvalue weighted by Gasteiger charge is -2.62. The van der Waals surface area contributed by atoms with Gasteiger partial charge in [-0.3, -0.25) is 0 Å². The molecule has 0 aliphatic heterocycles. The summed E-state index contributed by atoms with van der Waals surface area (Å²) in [5, 5.41) is 0. The number of hydrogen-bond acceptors (Lipinski definition) is 3. The minimum absolute atomic E-state index is 0.0631. The van der Waals surface area contributed by atoms with Gasteiger partial charge in [-0.2, -0.15) is 0 Å². The molecular weight excluding hydrogens is 728 g/mol. The number of benzene rings is 1. The van der Waals surface area contributed by atoms with E-state index in [1.54, 1.807) is 0 Å². The van der Waals surface area contributed by atoms with Gasteiger partial charge in [-0.15, -0.1) is 0 Å². The zero-order chi connectivity index (χ0) is 42.1. The summed E-state index contributed by atoms with van der Waals surface area (Å²) in [5.74, 6) is 9.45. The summed E-state index contributed by atoms with van der Waals surface area (Å²) in [6.45, 7) is 35.9. The van der Waals surface area contributed by atoms with E-state index in [2.05, 4.69) is 115 Å². The van der Waals surface area contributed by atoms with Crippen LogP contribution in [0.4, 0.5) is 0 Å². The highest BCUT2D eigenvalue weighted by Crippen LogP contribution is 2.67. The van der Waals surface area contributed by atoms with E-state index in [9.17, 15) is 0 Å². The van der Waals surface area contributed by atoms with E-state index in [4.69, 9.17) is 13.6 Å². The van der Waals surface area contributed by atoms with Crippen molar-refractivity contribution in [1.29, 1.82) is 0 Å². The van der Waals surface area contributed by atoms with Crippen molar-refractivity contribution in [2.45, 2.75) is 210 Å². The first kappa shape index (κ1) is 45.4. The lowest BCUT2D eigenvalue weighted by molar-refractivity contribution is -0.138. The van der Waals surface area contributed by atoms with Gasteiger partial charge in [0.2, 0.25) is 0 Å². The Bertz CT molecular complexity index is 1480. The lowest BCUT2D eigenvalue weighted by Crippen LogP contribution is -2.55. The summed E-state index contributed by atoms with van der Waals surface area (Å²) in [4.78, 5) is 0. The molecule has 0 N–H and O–H groups in total. The molecule has 3 nitrogen and oxygen atoms in total. The highest BCUT2D eigenvalue weighted by molar-refractivity contribution is 7.42. The van der Waals surface area contributed by atoms with Crippen molar-refractivity contribution >= 4 is 8.60 Å². The van der Waals surface area contributed by atoms with Gasteiger partial charge < -0.3 is 13.6 Å². The van der Waals surface area contributed by atoms with Gasteiger partial charge in [-0.1, -0.05) is 122 Å². The Morgan fingerprint density at radius 1 is 0.603 bits per heavy atom. The average molecular weight is 819 g/mol. The zero-order valence-electron chi connectivity index (χ0n) is 40.4. The Balaban J connectivity index is 1.13. The SMILES string of the molecule is CC(C)C1CC[C@@H]2C(CCC3[C@@](C)(COP(OC[C@@]4(C)CCC[C@@]5(C)C4CCC4CC(C(C)C)CC[C@H]45)Oc4ccc(C(C)(C)C)cc4C(C)(C)C)CCC[C@@]32C)C1. The standard InChI is InChI=1S/C54H91O3P/c1-36(2)38-17-22-43-40(31-38)19-25-47-51(11,27-15-29-53(43,47)13)34-55-58(57-46-24-21-42(49(5,6)7)33-45(46)50(8,9)10)56-35-52(12)28-16-30-54(14)44-23-18-39(37(3)4)32-41(44)20-26-48(52)54/h21,24,33,36-41,43-44,47-48H,15-20,22-23,25-32,34-35H2,1-14H3/t38?,39?,40?,41?,43-,44-,47?,48?,51-,52-,53-,54-,58?/m1/s1. The lowest BCUT2D eigenvalue weighted by atomic mass is 9.44. The predicted octanol–water partition coefficient (Wildman–Crippen LogP) is 16.5. The quantitative estimate of drug-likeness (QED) is 0.220. The fourth-order valence-corrected chi connectivity index (χ4v) is 17.1. The second kappa shape index (κ2) is 16.8. The smallest absolute Gasteiger partial charge is 0.397 e. The van der Waals surface area contributed by atoms with Crippen molar-refractivity contribution < 1.29 is 13.6 Å². The fourth-order valence-electron chi connectivity index (χ4n) is 15.8. The molecular formula is C54H91O3P. The van der Waals surface area contributed by atoms with Crippen molar-refractivity contribution in [2.75, 3.05) is 13.2 Å². The molecule has 0 saturated heterocycles. The van der Waals surface area contributed by atoms with Gasteiger partial charge in [0.05, 0.1) is 13.2 Å². The van der Waals surface area contributed by atoms with E-state index in [-0.39, 0.29) is 21.7 Å². The summed E-state index contributed by atoms with van der Waals surface area (Å²) in [6, 6.07) is 6.94. The second-order valence-electron chi connectivity index (χ2n) is 25.7. The number of hydrogen-bond donors (Lipinski definition) is 0. The van der Waals surface area contributed by atoms with E-state index >= 15 is 0 Å². The van der Waals surface area contributed by atoms with Crippen LogP contribution in [-0.4, -0.2) is 13.2 Å². The van der Waals surface area contributed by atoms with Crippen LogP contribution in [0.3, 0.4) is 0 Å². The van der Waals surface area contributed by atoms with Crippen LogP contribution in [0.1, 0.15) is 211 Å². The van der Waals surface area contributed by atoms with E-state index in [0.717, 1.165) is 66.3 Å². The van der Waals surface area contributed by atoms with Crippen molar-refractivity contribution in [2.24, 2.45) is 80.8 Å². The normalized spacial score (nSPS) is 41.3. The highest BCUT2D eigenvalue weighted by atomic mass is 31.2. The zero-order valence-corrected chi connectivity index (χ0v) is 41.3. The molecule has 4 heteroatoms. The Kier molecular flexibility index (Phi) is 13.2. The molecule has 0 bridgehead atoms. The van der Waals surface area contributed by atoms with Gasteiger partial charge in [0.15, 0.2) is 0 Å². The van der Waals surface area contributed by atoms with Gasteiger partial charge in [-0.25, -0.2) is 0 Å². The van der Waals surface area contributed by atoms with Crippen LogP contribution >= 0.6 is 8.60 Å². The van der Waals surface area contributed by atoms with Crippen LogP contribution in [0.2, 0.25) is 0 Å². The largest absolute Gasteiger partial charge is 0.426 e. The van der Waals surface area contributed by atoms with E-state index in [0.29, 0.717) is 22.7 Å². The molecule has 6 aliphatic carbocycles. The Labute approximate surface area is 360 Å². The fraction of sp³-hybridized carbons (Fsp3) is 0.889. The highest BCUT2D eigenvalue weighted by Gasteiger charge is 2.59. The minimum Gasteiger partial charge on any atom is -0.426 e. The molecule has 6 fully saturated rings. The van der Waals surface area contributed by atoms with Gasteiger partial charge in [0, 0.05) is 5.56 Å². The molecule has 7 rings (SSSR count). The van der Waals surface area contributed by atoms with Crippen LogP contribution in [-0.2, 0) is 19.9 Å². The maximum Gasteiger partial charge on any atom is 0.397 e. The molecule has 6 unspecified atom stereocenters. The van der Waals surface area contributed by atoms with Gasteiger partial charge in [0.25, 0.3) is 0 Å². The van der Waals surface area contributed by atoms with Crippen molar-refractivity contribution in [3.05, 3.63) is 29.3 Å². The van der Waals surface area contributed by atoms with Gasteiger partial charge in [-0.05, 0) is 193 Å². The monoisotopic (exact) mass is 819 g/mol. The topological polar surface area (TPSA) is 27.7 Å². The maximum atomic E-state index is 7.27. The predicted molar refractivity (Wildman–Crippen MR) is 247 cm³/mol. The molecule has 0 heterocycles. The molecule has 1 aromatic carbocycles. The van der Waals surface area contributed by atoms with Crippen LogP contribution in [0.25, 0.3) is 0 Å². The summed E-state index contributed by atoms with van der Waals surface area (Å²) in [5.41, 5.74) is 3.75. The van der Waals surface area contributed by atoms with Crippen LogP contribution < -0.4 is 4.52 Å². The van der Waals surface area contributed by atoms with Crippen LogP contribution in [0.15, 0.2) is 18.2 Å². The Morgan fingerprint density at radius 2 is 1.07 bits per heavy atom. The second-order valence-corrected chi connectivity index (χ2v) is 26.9. The van der Waals surface area contributed by atoms with E-state index in [1.807, 2.05) is 0 Å². The van der Waals surface area contributed by atoms with Gasteiger partial charge >= 0.3 is 8.60 Å². The molecule has 0 aromatic heterocycles. The summed E-state index contributed by atoms with van der Waals surface area (Å²) < 4.78 is 21.7. The van der Waals surface area contributed by atoms with Crippen LogP contribution in [0, 0.1) is 80.8 Å². The number of rotatable bonds is 10. The molecule has 6 saturated carbocycles. The Morgan fingerprint density at radius 3 is 1.48 bits per heavy atom. The molecule has 0 spiro atoms. The van der Waals surface area contributed by atoms with Crippen molar-refractivity contribution in [1.82, 2.24) is 0 Å². The molecule has 58 heavy (non-hydrogen) atoms. The van der Waals surface area contributed by atoms with Crippen LogP contribution in [0.5, 0.6) is 5.75 Å². The molecule has 12 atom stereocenters. The Hall–Kier alpha value is -0.630. The molecule has 0 amide bonds. The molecule has 6 aliphatic rings. The van der Waals surface area contributed by atoms with E-state index in [1.165, 1.54) is 114 Å². The third kappa shape index (κ3) is 8.80. The third-order valence-corrected chi connectivity index (χ3v) is 20.3. The maximum absolute atomic E-state index is 7.27. The van der Waals surface area contributed by atoms with E-state index < -0.39 is 8.60 Å². The average Bonchev–Trinajstić information content (AvgIpc) is 3.14. The first-order valence-electron chi connectivity index (χ1n) is 25.0. The van der Waals surface area contributed by atoms with Gasteiger partial charge in [0.1, 0.15) is 5.75 Å². The number of fused-ring (bicyclic) bond motifs is 6. The van der Waals surface area contributed by atoms with Crippen molar-refractivity contribution in [3.63, 3.8) is 0 Å². The first-order chi connectivity index (χ1) is 27.1. The third-order valence-electron chi connectivity index (χ3n) is 19.3. The molecule has 0 radical (unpaired) electrons. The first-order valence-corrected chi connectivity index (χ1v) is 26.1. The summed E-state index contributed by atoms with van der Waals surface area (Å²) in [6.07, 6.45) is 22.2. The molecule has 1 aromatic rings.